The van der Waals surface area contributed by atoms with Crippen LogP contribution in [0.25, 0.3) is 10.9 Å². The molecule has 0 radical (unpaired) electrons. The molecule has 3 aromatic rings. The summed E-state index contributed by atoms with van der Waals surface area (Å²) >= 11 is 6.55. The second-order valence-electron chi connectivity index (χ2n) is 6.93. The first-order valence-electron chi connectivity index (χ1n) is 9.34. The monoisotopic (exact) mass is 382 g/mol. The maximum absolute atomic E-state index is 12.8. The first-order chi connectivity index (χ1) is 13.1. The molecular weight excluding hydrogens is 360 g/mol. The number of para-hydroxylation sites is 1. The standard InChI is InChI=1S/C22H23ClN2O2/c1-3-27-13-20(26)25-12-17(15-8-4-6-10-18(15)23)21-16-9-5-7-11-19(16)24-22(21)14(25)2/h4-11,14,17,24H,3,12-13H2,1-2H3. The van der Waals surface area contributed by atoms with Crippen molar-refractivity contribution in [2.75, 3.05) is 19.8 Å². The average molecular weight is 383 g/mol. The van der Waals surface area contributed by atoms with Gasteiger partial charge in [-0.3, -0.25) is 4.79 Å². The first kappa shape index (κ1) is 18.1. The van der Waals surface area contributed by atoms with Gasteiger partial charge in [0.25, 0.3) is 0 Å². The molecule has 1 amide bonds. The van der Waals surface area contributed by atoms with E-state index < -0.39 is 0 Å². The largest absolute Gasteiger partial charge is 0.372 e. The van der Waals surface area contributed by atoms with E-state index in [0.717, 1.165) is 21.8 Å². The summed E-state index contributed by atoms with van der Waals surface area (Å²) in [6.07, 6.45) is 0. The number of rotatable bonds is 4. The number of hydrogen-bond donors (Lipinski definition) is 1. The molecule has 0 saturated heterocycles. The van der Waals surface area contributed by atoms with Gasteiger partial charge >= 0.3 is 0 Å². The molecule has 1 aliphatic heterocycles. The average Bonchev–Trinajstić information content (AvgIpc) is 3.07. The third-order valence-corrected chi connectivity index (χ3v) is 5.76. The lowest BCUT2D eigenvalue weighted by atomic mass is 9.83. The number of nitrogens with zero attached hydrogens (tertiary/aromatic N) is 1. The molecule has 0 fully saturated rings. The molecule has 0 bridgehead atoms. The maximum Gasteiger partial charge on any atom is 0.249 e. The fraction of sp³-hybridized carbons (Fsp3) is 0.318. The van der Waals surface area contributed by atoms with Gasteiger partial charge < -0.3 is 14.6 Å². The van der Waals surface area contributed by atoms with E-state index in [1.807, 2.05) is 36.1 Å². The third-order valence-electron chi connectivity index (χ3n) is 5.42. The van der Waals surface area contributed by atoms with Crippen LogP contribution in [0.1, 0.15) is 42.6 Å². The van der Waals surface area contributed by atoms with Crippen molar-refractivity contribution >= 4 is 28.4 Å². The molecule has 5 heteroatoms. The molecule has 4 rings (SSSR count). The molecule has 140 valence electrons. The summed E-state index contributed by atoms with van der Waals surface area (Å²) in [5.74, 6) is 0.0253. The van der Waals surface area contributed by atoms with Crippen LogP contribution in [0.3, 0.4) is 0 Å². The first-order valence-corrected chi connectivity index (χ1v) is 9.71. The van der Waals surface area contributed by atoms with Crippen LogP contribution in [0.15, 0.2) is 48.5 Å². The van der Waals surface area contributed by atoms with Crippen LogP contribution < -0.4 is 0 Å². The Labute approximate surface area is 164 Å². The maximum atomic E-state index is 12.8. The van der Waals surface area contributed by atoms with Crippen molar-refractivity contribution in [1.29, 1.82) is 0 Å². The zero-order chi connectivity index (χ0) is 19.0. The van der Waals surface area contributed by atoms with Crippen LogP contribution in [0.4, 0.5) is 0 Å². The lowest BCUT2D eigenvalue weighted by molar-refractivity contribution is -0.138. The number of nitrogens with one attached hydrogen (secondary N) is 1. The molecule has 1 aliphatic rings. The van der Waals surface area contributed by atoms with Crippen molar-refractivity contribution in [3.8, 4) is 0 Å². The van der Waals surface area contributed by atoms with Crippen LogP contribution in [0.5, 0.6) is 0 Å². The summed E-state index contributed by atoms with van der Waals surface area (Å²) in [7, 11) is 0. The quantitative estimate of drug-likeness (QED) is 0.698. The highest BCUT2D eigenvalue weighted by Gasteiger charge is 2.37. The number of carbonyl (C=O) groups is 1. The summed E-state index contributed by atoms with van der Waals surface area (Å²) < 4.78 is 5.38. The molecule has 2 unspecified atom stereocenters. The summed E-state index contributed by atoms with van der Waals surface area (Å²) in [6, 6.07) is 16.2. The normalized spacial score (nSPS) is 19.3. The van der Waals surface area contributed by atoms with Gasteiger partial charge in [-0.25, -0.2) is 0 Å². The predicted octanol–water partition coefficient (Wildman–Crippen LogP) is 4.89. The van der Waals surface area contributed by atoms with Gasteiger partial charge in [-0.1, -0.05) is 48.0 Å². The minimum atomic E-state index is -0.0425. The molecule has 27 heavy (non-hydrogen) atoms. The van der Waals surface area contributed by atoms with Gasteiger partial charge in [-0.05, 0) is 37.1 Å². The Morgan fingerprint density at radius 2 is 1.96 bits per heavy atom. The molecule has 2 aromatic carbocycles. The molecule has 0 spiro atoms. The van der Waals surface area contributed by atoms with Gasteiger partial charge in [0.05, 0.1) is 6.04 Å². The van der Waals surface area contributed by atoms with Crippen molar-refractivity contribution < 1.29 is 9.53 Å². The number of ether oxygens (including phenoxy) is 1. The van der Waals surface area contributed by atoms with Gasteiger partial charge in [-0.2, -0.15) is 0 Å². The molecule has 0 aliphatic carbocycles. The SMILES string of the molecule is CCOCC(=O)N1CC(c2ccccc2Cl)c2c([nH]c3ccccc23)C1C. The number of aromatic amines is 1. The van der Waals surface area contributed by atoms with Crippen LogP contribution >= 0.6 is 11.6 Å². The van der Waals surface area contributed by atoms with Gasteiger partial charge in [-0.15, -0.1) is 0 Å². The molecular formula is C22H23ClN2O2. The van der Waals surface area contributed by atoms with Gasteiger partial charge in [0.15, 0.2) is 0 Å². The van der Waals surface area contributed by atoms with Crippen molar-refractivity contribution in [2.24, 2.45) is 0 Å². The fourth-order valence-electron chi connectivity index (χ4n) is 4.09. The Hall–Kier alpha value is -2.30. The van der Waals surface area contributed by atoms with Crippen molar-refractivity contribution in [3.63, 3.8) is 0 Å². The number of H-pyrrole nitrogens is 1. The summed E-state index contributed by atoms with van der Waals surface area (Å²) in [6.45, 7) is 5.19. The highest BCUT2D eigenvalue weighted by atomic mass is 35.5. The number of halogens is 1. The minimum absolute atomic E-state index is 0.00529. The molecule has 1 N–H and O–H groups in total. The number of amides is 1. The second kappa shape index (κ2) is 7.37. The van der Waals surface area contributed by atoms with E-state index in [4.69, 9.17) is 16.3 Å². The Morgan fingerprint density at radius 1 is 1.22 bits per heavy atom. The van der Waals surface area contributed by atoms with Crippen LogP contribution in [0, 0.1) is 0 Å². The fourth-order valence-corrected chi connectivity index (χ4v) is 4.36. The van der Waals surface area contributed by atoms with Crippen LogP contribution in [0.2, 0.25) is 5.02 Å². The van der Waals surface area contributed by atoms with Crippen molar-refractivity contribution in [3.05, 3.63) is 70.4 Å². The Morgan fingerprint density at radius 3 is 2.74 bits per heavy atom. The summed E-state index contributed by atoms with van der Waals surface area (Å²) in [4.78, 5) is 18.3. The van der Waals surface area contributed by atoms with Crippen LogP contribution in [-0.2, 0) is 9.53 Å². The lowest BCUT2D eigenvalue weighted by Gasteiger charge is -2.38. The third kappa shape index (κ3) is 3.13. The van der Waals surface area contributed by atoms with E-state index in [1.54, 1.807) is 0 Å². The predicted molar refractivity (Wildman–Crippen MR) is 108 cm³/mol. The molecule has 2 heterocycles. The molecule has 2 atom stereocenters. The molecule has 1 aromatic heterocycles. The Kier molecular flexibility index (Phi) is 4.94. The van der Waals surface area contributed by atoms with E-state index in [9.17, 15) is 4.79 Å². The zero-order valence-corrected chi connectivity index (χ0v) is 16.3. The number of carbonyl (C=O) groups excluding carboxylic acids is 1. The van der Waals surface area contributed by atoms with Crippen molar-refractivity contribution in [2.45, 2.75) is 25.8 Å². The van der Waals surface area contributed by atoms with E-state index >= 15 is 0 Å². The summed E-state index contributed by atoms with van der Waals surface area (Å²) in [5.41, 5.74) is 4.46. The topological polar surface area (TPSA) is 45.3 Å². The van der Waals surface area contributed by atoms with Crippen LogP contribution in [-0.4, -0.2) is 35.5 Å². The van der Waals surface area contributed by atoms with E-state index in [-0.39, 0.29) is 24.5 Å². The molecule has 0 saturated carbocycles. The second-order valence-corrected chi connectivity index (χ2v) is 7.34. The van der Waals surface area contributed by atoms with Gasteiger partial charge in [0, 0.05) is 40.7 Å². The number of hydrogen-bond acceptors (Lipinski definition) is 2. The highest BCUT2D eigenvalue weighted by Crippen LogP contribution is 2.44. The zero-order valence-electron chi connectivity index (χ0n) is 15.5. The van der Waals surface area contributed by atoms with Gasteiger partial charge in [0.2, 0.25) is 5.91 Å². The number of benzene rings is 2. The molecule has 4 nitrogen and oxygen atoms in total. The smallest absolute Gasteiger partial charge is 0.249 e. The van der Waals surface area contributed by atoms with E-state index in [1.165, 1.54) is 10.9 Å². The highest BCUT2D eigenvalue weighted by molar-refractivity contribution is 6.31. The van der Waals surface area contributed by atoms with E-state index in [2.05, 4.69) is 36.2 Å². The summed E-state index contributed by atoms with van der Waals surface area (Å²) in [5, 5.41) is 1.92. The Bertz CT molecular complexity index is 981. The van der Waals surface area contributed by atoms with Crippen molar-refractivity contribution in [1.82, 2.24) is 9.88 Å². The van der Waals surface area contributed by atoms with E-state index in [0.29, 0.717) is 13.2 Å². The Balaban J connectivity index is 1.86. The number of fused-ring (bicyclic) bond motifs is 3. The minimum Gasteiger partial charge on any atom is -0.372 e. The van der Waals surface area contributed by atoms with Gasteiger partial charge in [0.1, 0.15) is 6.61 Å². The lowest BCUT2D eigenvalue weighted by Crippen LogP contribution is -2.43. The number of aromatic nitrogens is 1.